The largest absolute Gasteiger partial charge is 0.382 e. The topological polar surface area (TPSA) is 113 Å². The van der Waals surface area contributed by atoms with Gasteiger partial charge in [-0.1, -0.05) is 18.2 Å². The number of aliphatic imine (C=N–C) groups is 1. The van der Waals surface area contributed by atoms with Gasteiger partial charge in [0.25, 0.3) is 0 Å². The van der Waals surface area contributed by atoms with E-state index in [1.165, 1.54) is 12.8 Å². The second-order valence-corrected chi connectivity index (χ2v) is 7.47. The fraction of sp³-hybridized carbons (Fsp3) is 0.500. The zero-order valence-corrected chi connectivity index (χ0v) is 17.6. The summed E-state index contributed by atoms with van der Waals surface area (Å²) >= 11 is 0. The number of aryl methyl sites for hydroxylation is 1. The van der Waals surface area contributed by atoms with Crippen LogP contribution in [0.25, 0.3) is 5.69 Å². The lowest BCUT2D eigenvalue weighted by molar-refractivity contribution is 0.123. The number of ether oxygens (including phenoxy) is 1. The molecule has 0 saturated heterocycles. The van der Waals surface area contributed by atoms with Crippen molar-refractivity contribution in [3.8, 4) is 11.8 Å². The molecule has 0 unspecified atom stereocenters. The number of benzene rings is 1. The molecular formula is C22H31N7O. The Labute approximate surface area is 178 Å². The van der Waals surface area contributed by atoms with Crippen LogP contribution in [-0.4, -0.2) is 49.1 Å². The quantitative estimate of drug-likeness (QED) is 0.298. The molecule has 8 heteroatoms. The molecule has 0 spiro atoms. The molecule has 2 aromatic rings. The molecule has 0 atom stereocenters. The van der Waals surface area contributed by atoms with Gasteiger partial charge in [0.2, 0.25) is 0 Å². The van der Waals surface area contributed by atoms with E-state index in [1.807, 2.05) is 30.3 Å². The molecule has 0 bridgehead atoms. The highest BCUT2D eigenvalue weighted by Gasteiger charge is 2.20. The predicted molar refractivity (Wildman–Crippen MR) is 119 cm³/mol. The molecule has 1 aliphatic carbocycles. The first kappa shape index (κ1) is 21.7. The fourth-order valence-electron chi connectivity index (χ4n) is 3.14. The van der Waals surface area contributed by atoms with Crippen LogP contribution in [0.3, 0.4) is 0 Å². The normalized spacial score (nSPS) is 13.8. The number of nitrogens with zero attached hydrogens (tertiary/aromatic N) is 4. The van der Waals surface area contributed by atoms with Gasteiger partial charge in [0.15, 0.2) is 5.96 Å². The van der Waals surface area contributed by atoms with E-state index in [0.717, 1.165) is 62.4 Å². The summed E-state index contributed by atoms with van der Waals surface area (Å²) in [7, 11) is 1.76. The number of nitrogens with one attached hydrogen (secondary N) is 2. The van der Waals surface area contributed by atoms with E-state index in [0.29, 0.717) is 17.8 Å². The summed E-state index contributed by atoms with van der Waals surface area (Å²) in [5, 5.41) is 20.7. The summed E-state index contributed by atoms with van der Waals surface area (Å²) in [6.07, 6.45) is 5.07. The smallest absolute Gasteiger partial charge is 0.190 e. The van der Waals surface area contributed by atoms with Crippen LogP contribution in [0, 0.1) is 17.2 Å². The number of rotatable bonds is 11. The number of hydrogen-bond acceptors (Lipinski definition) is 5. The first-order valence-corrected chi connectivity index (χ1v) is 10.6. The molecule has 1 aromatic heterocycles. The zero-order chi connectivity index (χ0) is 21.2. The Morgan fingerprint density at radius 3 is 2.67 bits per heavy atom. The molecule has 1 heterocycles. The van der Waals surface area contributed by atoms with E-state index in [-0.39, 0.29) is 0 Å². The van der Waals surface area contributed by atoms with Crippen molar-refractivity contribution in [3.05, 3.63) is 41.6 Å². The van der Waals surface area contributed by atoms with Crippen molar-refractivity contribution in [2.75, 3.05) is 39.1 Å². The van der Waals surface area contributed by atoms with E-state index in [1.54, 1.807) is 11.7 Å². The van der Waals surface area contributed by atoms with E-state index >= 15 is 0 Å². The van der Waals surface area contributed by atoms with Gasteiger partial charge in [-0.2, -0.15) is 10.4 Å². The molecule has 1 saturated carbocycles. The number of nitriles is 1. The van der Waals surface area contributed by atoms with Crippen LogP contribution in [0.15, 0.2) is 35.3 Å². The third-order valence-electron chi connectivity index (χ3n) is 5.02. The standard InChI is InChI=1S/C22H31N7O/c1-25-22(27-13-6-14-30-16-17-10-11-17)26-12-5-9-20-19(15-23)21(24)29(28-20)18-7-3-2-4-8-18/h2-4,7-8,17H,5-6,9-14,16,24H2,1H3,(H2,25,26,27). The maximum Gasteiger partial charge on any atom is 0.190 e. The van der Waals surface area contributed by atoms with Crippen LogP contribution in [0.1, 0.15) is 36.9 Å². The first-order chi connectivity index (χ1) is 14.7. The number of nitrogens with two attached hydrogens (primary N) is 1. The van der Waals surface area contributed by atoms with Crippen LogP contribution >= 0.6 is 0 Å². The minimum atomic E-state index is 0.382. The molecule has 0 aliphatic heterocycles. The van der Waals surface area contributed by atoms with Crippen LogP contribution in [0.5, 0.6) is 0 Å². The van der Waals surface area contributed by atoms with Crippen molar-refractivity contribution in [3.63, 3.8) is 0 Å². The van der Waals surface area contributed by atoms with Gasteiger partial charge in [-0.3, -0.25) is 4.99 Å². The Bertz CT molecular complexity index is 866. The second kappa shape index (κ2) is 11.2. The van der Waals surface area contributed by atoms with E-state index in [9.17, 15) is 5.26 Å². The summed E-state index contributed by atoms with van der Waals surface area (Å²) in [6, 6.07) is 11.8. The van der Waals surface area contributed by atoms with E-state index in [2.05, 4.69) is 26.8 Å². The molecular weight excluding hydrogens is 378 g/mol. The van der Waals surface area contributed by atoms with Gasteiger partial charge < -0.3 is 21.1 Å². The molecule has 0 amide bonds. The second-order valence-electron chi connectivity index (χ2n) is 7.47. The Hall–Kier alpha value is -3.05. The minimum Gasteiger partial charge on any atom is -0.382 e. The fourth-order valence-corrected chi connectivity index (χ4v) is 3.14. The van der Waals surface area contributed by atoms with Gasteiger partial charge in [-0.25, -0.2) is 4.68 Å². The highest BCUT2D eigenvalue weighted by atomic mass is 16.5. The van der Waals surface area contributed by atoms with Gasteiger partial charge >= 0.3 is 0 Å². The van der Waals surface area contributed by atoms with Gasteiger partial charge in [-0.15, -0.1) is 0 Å². The molecule has 3 rings (SSSR count). The highest BCUT2D eigenvalue weighted by molar-refractivity contribution is 5.79. The average Bonchev–Trinajstić information content (AvgIpc) is 3.54. The van der Waals surface area contributed by atoms with Crippen molar-refractivity contribution in [1.82, 2.24) is 20.4 Å². The molecule has 1 aromatic carbocycles. The van der Waals surface area contributed by atoms with Crippen molar-refractivity contribution < 1.29 is 4.74 Å². The summed E-state index contributed by atoms with van der Waals surface area (Å²) in [4.78, 5) is 4.24. The molecule has 4 N–H and O–H groups in total. The lowest BCUT2D eigenvalue weighted by Crippen LogP contribution is -2.38. The summed E-state index contributed by atoms with van der Waals surface area (Å²) in [5.41, 5.74) is 8.17. The Morgan fingerprint density at radius 1 is 1.27 bits per heavy atom. The van der Waals surface area contributed by atoms with Gasteiger partial charge in [-0.05, 0) is 50.2 Å². The predicted octanol–water partition coefficient (Wildman–Crippen LogP) is 2.24. The molecule has 8 nitrogen and oxygen atoms in total. The lowest BCUT2D eigenvalue weighted by Gasteiger charge is -2.11. The monoisotopic (exact) mass is 409 g/mol. The van der Waals surface area contributed by atoms with E-state index < -0.39 is 0 Å². The van der Waals surface area contributed by atoms with Crippen molar-refractivity contribution in [2.45, 2.75) is 32.1 Å². The summed E-state index contributed by atoms with van der Waals surface area (Å²) in [6.45, 7) is 3.23. The number of para-hydroxylation sites is 1. The minimum absolute atomic E-state index is 0.382. The molecule has 30 heavy (non-hydrogen) atoms. The van der Waals surface area contributed by atoms with Gasteiger partial charge in [0.05, 0.1) is 11.4 Å². The number of anilines is 1. The molecule has 0 radical (unpaired) electrons. The molecule has 1 fully saturated rings. The average molecular weight is 410 g/mol. The van der Waals surface area contributed by atoms with Crippen molar-refractivity contribution >= 4 is 11.8 Å². The first-order valence-electron chi connectivity index (χ1n) is 10.6. The summed E-state index contributed by atoms with van der Waals surface area (Å²) in [5.74, 6) is 1.96. The maximum absolute atomic E-state index is 9.50. The number of hydrogen-bond donors (Lipinski definition) is 3. The third-order valence-corrected chi connectivity index (χ3v) is 5.02. The maximum atomic E-state index is 9.50. The summed E-state index contributed by atoms with van der Waals surface area (Å²) < 4.78 is 7.27. The highest BCUT2D eigenvalue weighted by Crippen LogP contribution is 2.28. The van der Waals surface area contributed by atoms with Crippen LogP contribution < -0.4 is 16.4 Å². The van der Waals surface area contributed by atoms with Crippen LogP contribution in [0.4, 0.5) is 5.82 Å². The van der Waals surface area contributed by atoms with Gasteiger partial charge in [0, 0.05) is 33.4 Å². The molecule has 160 valence electrons. The van der Waals surface area contributed by atoms with Crippen molar-refractivity contribution in [2.24, 2.45) is 10.9 Å². The Morgan fingerprint density at radius 2 is 2.00 bits per heavy atom. The lowest BCUT2D eigenvalue weighted by atomic mass is 10.1. The Balaban J connectivity index is 1.40. The third kappa shape index (κ3) is 6.22. The Kier molecular flexibility index (Phi) is 8.10. The van der Waals surface area contributed by atoms with Crippen molar-refractivity contribution in [1.29, 1.82) is 5.26 Å². The van der Waals surface area contributed by atoms with Gasteiger partial charge in [0.1, 0.15) is 17.5 Å². The number of aromatic nitrogens is 2. The van der Waals surface area contributed by atoms with E-state index in [4.69, 9.17) is 10.5 Å². The number of guanidine groups is 1. The van der Waals surface area contributed by atoms with Crippen LogP contribution in [0.2, 0.25) is 0 Å². The number of nitrogen functional groups attached to an aromatic ring is 1. The SMILES string of the molecule is CN=C(NCCCOCC1CC1)NCCCc1nn(-c2ccccc2)c(N)c1C#N. The van der Waals surface area contributed by atoms with Crippen LogP contribution in [-0.2, 0) is 11.2 Å². The zero-order valence-electron chi connectivity index (χ0n) is 17.6. The molecule has 1 aliphatic rings.